The van der Waals surface area contributed by atoms with Gasteiger partial charge in [-0.05, 0) is 0 Å². The van der Waals surface area contributed by atoms with E-state index in [2.05, 4.69) is 5.10 Å². The summed E-state index contributed by atoms with van der Waals surface area (Å²) in [7, 11) is 1.04. The summed E-state index contributed by atoms with van der Waals surface area (Å²) < 4.78 is 37.0. The van der Waals surface area contributed by atoms with Crippen molar-refractivity contribution in [1.82, 2.24) is 9.78 Å². The average molecular weight is 194 g/mol. The fourth-order valence-electron chi connectivity index (χ4n) is 0.930. The zero-order chi connectivity index (χ0) is 10.2. The SMILES string of the molecule is Cn1ncc(C(=O)O)c1C(F)(F)F. The van der Waals surface area contributed by atoms with Gasteiger partial charge in [0.1, 0.15) is 5.56 Å². The highest BCUT2D eigenvalue weighted by molar-refractivity contribution is 5.88. The first-order valence-electron chi connectivity index (χ1n) is 3.16. The van der Waals surface area contributed by atoms with E-state index < -0.39 is 23.4 Å². The van der Waals surface area contributed by atoms with E-state index in [1.165, 1.54) is 0 Å². The number of alkyl halides is 3. The molecule has 1 aromatic heterocycles. The Morgan fingerprint density at radius 1 is 1.62 bits per heavy atom. The lowest BCUT2D eigenvalue weighted by Gasteiger charge is -2.07. The maximum Gasteiger partial charge on any atom is 0.433 e. The quantitative estimate of drug-likeness (QED) is 0.729. The Kier molecular flexibility index (Phi) is 2.02. The van der Waals surface area contributed by atoms with Gasteiger partial charge < -0.3 is 5.11 Å². The lowest BCUT2D eigenvalue weighted by Crippen LogP contribution is -2.16. The van der Waals surface area contributed by atoms with Crippen LogP contribution in [0.4, 0.5) is 13.2 Å². The van der Waals surface area contributed by atoms with E-state index in [1.807, 2.05) is 0 Å². The molecule has 0 saturated carbocycles. The van der Waals surface area contributed by atoms with E-state index in [4.69, 9.17) is 5.11 Å². The summed E-state index contributed by atoms with van der Waals surface area (Å²) in [4.78, 5) is 10.3. The molecule has 13 heavy (non-hydrogen) atoms. The van der Waals surface area contributed by atoms with Crippen LogP contribution < -0.4 is 0 Å². The Bertz CT molecular complexity index is 342. The Hall–Kier alpha value is -1.53. The molecule has 0 amide bonds. The number of aromatic nitrogens is 2. The third kappa shape index (κ3) is 1.63. The van der Waals surface area contributed by atoms with Crippen LogP contribution in [-0.2, 0) is 13.2 Å². The first kappa shape index (κ1) is 9.56. The Morgan fingerprint density at radius 3 is 2.46 bits per heavy atom. The van der Waals surface area contributed by atoms with Gasteiger partial charge in [-0.2, -0.15) is 18.3 Å². The third-order valence-electron chi connectivity index (χ3n) is 1.44. The number of halogens is 3. The van der Waals surface area contributed by atoms with Crippen LogP contribution in [0.2, 0.25) is 0 Å². The zero-order valence-corrected chi connectivity index (χ0v) is 6.46. The molecule has 0 aliphatic heterocycles. The number of rotatable bonds is 1. The van der Waals surface area contributed by atoms with Crippen molar-refractivity contribution >= 4 is 5.97 Å². The van der Waals surface area contributed by atoms with Gasteiger partial charge in [0, 0.05) is 7.05 Å². The summed E-state index contributed by atoms with van der Waals surface area (Å²) in [5, 5.41) is 11.6. The van der Waals surface area contributed by atoms with Gasteiger partial charge in [-0.3, -0.25) is 4.68 Å². The molecule has 1 N–H and O–H groups in total. The second kappa shape index (κ2) is 2.75. The Labute approximate surface area is 70.6 Å². The summed E-state index contributed by atoms with van der Waals surface area (Å²) in [5.41, 5.74) is -2.09. The van der Waals surface area contributed by atoms with Crippen LogP contribution in [0.1, 0.15) is 16.1 Å². The molecular weight excluding hydrogens is 189 g/mol. The van der Waals surface area contributed by atoms with Crippen molar-refractivity contribution < 1.29 is 23.1 Å². The maximum absolute atomic E-state index is 12.2. The molecule has 1 rings (SSSR count). The molecule has 0 spiro atoms. The van der Waals surface area contributed by atoms with E-state index >= 15 is 0 Å². The first-order chi connectivity index (χ1) is 5.84. The number of carboxylic acids is 1. The van der Waals surface area contributed by atoms with Gasteiger partial charge >= 0.3 is 12.1 Å². The van der Waals surface area contributed by atoms with E-state index in [1.54, 1.807) is 0 Å². The minimum Gasteiger partial charge on any atom is -0.478 e. The smallest absolute Gasteiger partial charge is 0.433 e. The lowest BCUT2D eigenvalue weighted by molar-refractivity contribution is -0.144. The topological polar surface area (TPSA) is 55.1 Å². The van der Waals surface area contributed by atoms with Crippen molar-refractivity contribution in [2.45, 2.75) is 6.18 Å². The van der Waals surface area contributed by atoms with Crippen LogP contribution >= 0.6 is 0 Å². The molecule has 0 fully saturated rings. The Morgan fingerprint density at radius 2 is 2.15 bits per heavy atom. The van der Waals surface area contributed by atoms with Crippen LogP contribution in [0.15, 0.2) is 6.20 Å². The number of aromatic carboxylic acids is 1. The summed E-state index contributed by atoms with van der Waals surface area (Å²) >= 11 is 0. The van der Waals surface area contributed by atoms with E-state index in [0.717, 1.165) is 7.05 Å². The highest BCUT2D eigenvalue weighted by Crippen LogP contribution is 2.31. The average Bonchev–Trinajstić information content (AvgIpc) is 2.28. The van der Waals surface area contributed by atoms with Crippen molar-refractivity contribution in [2.24, 2.45) is 7.05 Å². The van der Waals surface area contributed by atoms with Crippen molar-refractivity contribution in [3.05, 3.63) is 17.5 Å². The second-order valence-electron chi connectivity index (χ2n) is 2.33. The molecule has 1 heterocycles. The van der Waals surface area contributed by atoms with Crippen molar-refractivity contribution in [1.29, 1.82) is 0 Å². The van der Waals surface area contributed by atoms with Gasteiger partial charge in [-0.15, -0.1) is 0 Å². The van der Waals surface area contributed by atoms with Crippen molar-refractivity contribution in [3.63, 3.8) is 0 Å². The molecule has 0 aliphatic rings. The second-order valence-corrected chi connectivity index (χ2v) is 2.33. The predicted molar refractivity (Wildman–Crippen MR) is 35.2 cm³/mol. The van der Waals surface area contributed by atoms with E-state index in [-0.39, 0.29) is 0 Å². The fraction of sp³-hybridized carbons (Fsp3) is 0.333. The molecule has 4 nitrogen and oxygen atoms in total. The molecule has 0 radical (unpaired) electrons. The van der Waals surface area contributed by atoms with Gasteiger partial charge in [0.05, 0.1) is 6.20 Å². The van der Waals surface area contributed by atoms with Gasteiger partial charge in [0.25, 0.3) is 0 Å². The summed E-state index contributed by atoms with van der Waals surface area (Å²) in [6.07, 6.45) is -4.02. The summed E-state index contributed by atoms with van der Waals surface area (Å²) in [6, 6.07) is 0. The van der Waals surface area contributed by atoms with E-state index in [0.29, 0.717) is 10.9 Å². The summed E-state index contributed by atoms with van der Waals surface area (Å²) in [6.45, 7) is 0. The highest BCUT2D eigenvalue weighted by Gasteiger charge is 2.39. The monoisotopic (exact) mass is 194 g/mol. The zero-order valence-electron chi connectivity index (χ0n) is 6.46. The number of carbonyl (C=O) groups is 1. The van der Waals surface area contributed by atoms with Crippen LogP contribution in [-0.4, -0.2) is 20.9 Å². The van der Waals surface area contributed by atoms with Gasteiger partial charge in [-0.1, -0.05) is 0 Å². The normalized spacial score (nSPS) is 11.7. The predicted octanol–water partition coefficient (Wildman–Crippen LogP) is 1.14. The van der Waals surface area contributed by atoms with Crippen LogP contribution in [0.5, 0.6) is 0 Å². The van der Waals surface area contributed by atoms with Crippen LogP contribution in [0, 0.1) is 0 Å². The van der Waals surface area contributed by atoms with Gasteiger partial charge in [-0.25, -0.2) is 4.79 Å². The number of aryl methyl sites for hydroxylation is 1. The standard InChI is InChI=1S/C6H5F3N2O2/c1-11-4(6(7,8)9)3(2-10-11)5(12)13/h2H,1H3,(H,12,13). The lowest BCUT2D eigenvalue weighted by atomic mass is 10.2. The first-order valence-corrected chi connectivity index (χ1v) is 3.16. The largest absolute Gasteiger partial charge is 0.478 e. The highest BCUT2D eigenvalue weighted by atomic mass is 19.4. The molecule has 0 aromatic carbocycles. The van der Waals surface area contributed by atoms with Crippen molar-refractivity contribution in [3.8, 4) is 0 Å². The number of hydrogen-bond acceptors (Lipinski definition) is 2. The van der Waals surface area contributed by atoms with Crippen LogP contribution in [0.25, 0.3) is 0 Å². The van der Waals surface area contributed by atoms with Crippen molar-refractivity contribution in [2.75, 3.05) is 0 Å². The third-order valence-corrected chi connectivity index (χ3v) is 1.44. The molecule has 0 atom stereocenters. The van der Waals surface area contributed by atoms with E-state index in [9.17, 15) is 18.0 Å². The molecule has 1 aromatic rings. The Balaban J connectivity index is 3.33. The fourth-order valence-corrected chi connectivity index (χ4v) is 0.930. The minimum atomic E-state index is -4.70. The molecule has 0 bridgehead atoms. The van der Waals surface area contributed by atoms with Gasteiger partial charge in [0.15, 0.2) is 5.69 Å². The van der Waals surface area contributed by atoms with Gasteiger partial charge in [0.2, 0.25) is 0 Å². The minimum absolute atomic E-state index is 0.490. The molecule has 0 saturated heterocycles. The summed E-state index contributed by atoms with van der Waals surface area (Å²) in [5.74, 6) is -1.64. The maximum atomic E-state index is 12.2. The number of carboxylic acid groups (broad SMARTS) is 1. The number of nitrogens with zero attached hydrogens (tertiary/aromatic N) is 2. The van der Waals surface area contributed by atoms with Crippen LogP contribution in [0.3, 0.4) is 0 Å². The molecular formula is C6H5F3N2O2. The molecule has 0 aliphatic carbocycles. The molecule has 0 unspecified atom stereocenters. The molecule has 7 heteroatoms. The number of hydrogen-bond donors (Lipinski definition) is 1. The molecule has 72 valence electrons.